The van der Waals surface area contributed by atoms with Crippen LogP contribution in [0.5, 0.6) is 6.01 Å². The molecule has 0 saturated heterocycles. The predicted molar refractivity (Wildman–Crippen MR) is 78.3 cm³/mol. The fourth-order valence-electron chi connectivity index (χ4n) is 1.97. The Morgan fingerprint density at radius 2 is 2.14 bits per heavy atom. The summed E-state index contributed by atoms with van der Waals surface area (Å²) in [4.78, 5) is 11.9. The van der Waals surface area contributed by atoms with Crippen LogP contribution < -0.4 is 10.1 Å². The molecule has 0 fully saturated rings. The van der Waals surface area contributed by atoms with Crippen LogP contribution in [-0.2, 0) is 4.79 Å². The molecule has 6 nitrogen and oxygen atoms in total. The topological polar surface area (TPSA) is 68.5 Å². The number of benzene rings is 1. The van der Waals surface area contributed by atoms with Gasteiger partial charge in [0, 0.05) is 11.9 Å². The van der Waals surface area contributed by atoms with Crippen LogP contribution in [0.3, 0.4) is 0 Å². The Morgan fingerprint density at radius 3 is 3.00 bits per heavy atom. The quantitative estimate of drug-likeness (QED) is 0.795. The summed E-state index contributed by atoms with van der Waals surface area (Å²) in [5.41, 5.74) is 2.50. The molecule has 0 saturated carbocycles. The summed E-state index contributed by atoms with van der Waals surface area (Å²) in [5, 5.41) is 10.6. The van der Waals surface area contributed by atoms with Gasteiger partial charge in [0.1, 0.15) is 0 Å². The van der Waals surface area contributed by atoms with Crippen molar-refractivity contribution in [2.75, 3.05) is 11.9 Å². The summed E-state index contributed by atoms with van der Waals surface area (Å²) in [5.74, 6) is -0.242. The fraction of sp³-hybridized carbons (Fsp3) is 0.133. The maximum Gasteiger partial charge on any atom is 0.322 e. The number of hydrogen-bond acceptors (Lipinski definition) is 4. The van der Waals surface area contributed by atoms with Gasteiger partial charge in [-0.25, -0.2) is 0 Å². The highest BCUT2D eigenvalue weighted by molar-refractivity contribution is 5.91. The third kappa shape index (κ3) is 3.00. The molecule has 0 spiro atoms. The van der Waals surface area contributed by atoms with E-state index < -0.39 is 0 Å². The van der Waals surface area contributed by atoms with Gasteiger partial charge in [0.25, 0.3) is 5.91 Å². The number of hydrogen-bond donors (Lipinski definition) is 1. The lowest BCUT2D eigenvalue weighted by Gasteiger charge is -2.06. The Morgan fingerprint density at radius 1 is 1.24 bits per heavy atom. The number of aryl methyl sites for hydroxylation is 1. The van der Waals surface area contributed by atoms with Gasteiger partial charge in [0.2, 0.25) is 0 Å². The zero-order chi connectivity index (χ0) is 14.7. The van der Waals surface area contributed by atoms with Gasteiger partial charge in [-0.1, -0.05) is 23.3 Å². The number of carbonyl (C=O) groups is 1. The number of nitrogens with zero attached hydrogens (tertiary/aromatic N) is 3. The summed E-state index contributed by atoms with van der Waals surface area (Å²) >= 11 is 0. The fourth-order valence-corrected chi connectivity index (χ4v) is 1.97. The minimum atomic E-state index is -0.242. The van der Waals surface area contributed by atoms with E-state index in [4.69, 9.17) is 4.74 Å². The second-order valence-electron chi connectivity index (χ2n) is 4.62. The Labute approximate surface area is 121 Å². The number of carbonyl (C=O) groups excluding carboxylic acids is 1. The highest BCUT2D eigenvalue weighted by atomic mass is 16.5. The largest absolute Gasteiger partial charge is 0.453 e. The molecule has 21 heavy (non-hydrogen) atoms. The number of anilines is 1. The number of aromatic nitrogens is 3. The highest BCUT2D eigenvalue weighted by Crippen LogP contribution is 2.11. The molecule has 106 valence electrons. The molecule has 1 amide bonds. The average Bonchev–Trinajstić information content (AvgIpc) is 2.88. The number of pyridine rings is 1. The van der Waals surface area contributed by atoms with E-state index in [1.54, 1.807) is 10.6 Å². The zero-order valence-corrected chi connectivity index (χ0v) is 11.5. The zero-order valence-electron chi connectivity index (χ0n) is 11.5. The molecule has 0 radical (unpaired) electrons. The number of rotatable bonds is 4. The van der Waals surface area contributed by atoms with E-state index in [1.807, 2.05) is 49.4 Å². The van der Waals surface area contributed by atoms with Crippen LogP contribution in [0.4, 0.5) is 5.69 Å². The normalized spacial score (nSPS) is 10.5. The molecule has 0 aliphatic rings. The molecule has 3 aromatic rings. The van der Waals surface area contributed by atoms with E-state index >= 15 is 0 Å². The van der Waals surface area contributed by atoms with E-state index in [0.717, 1.165) is 11.3 Å². The van der Waals surface area contributed by atoms with Crippen molar-refractivity contribution < 1.29 is 9.53 Å². The summed E-state index contributed by atoms with van der Waals surface area (Å²) in [6.45, 7) is 1.85. The summed E-state index contributed by atoms with van der Waals surface area (Å²) in [6.07, 6.45) is 1.78. The third-order valence-corrected chi connectivity index (χ3v) is 2.92. The van der Waals surface area contributed by atoms with Crippen molar-refractivity contribution in [2.24, 2.45) is 0 Å². The number of amides is 1. The Hall–Kier alpha value is -2.89. The minimum Gasteiger partial charge on any atom is -0.453 e. The van der Waals surface area contributed by atoms with Gasteiger partial charge in [0.15, 0.2) is 12.3 Å². The molecule has 6 heteroatoms. The third-order valence-electron chi connectivity index (χ3n) is 2.92. The first-order valence-electron chi connectivity index (χ1n) is 6.51. The summed E-state index contributed by atoms with van der Waals surface area (Å²) < 4.78 is 7.08. The molecular weight excluding hydrogens is 268 g/mol. The van der Waals surface area contributed by atoms with Gasteiger partial charge < -0.3 is 10.1 Å². The SMILES string of the molecule is Cc1cccc(NC(=O)COc2nnc3ccccn23)c1. The van der Waals surface area contributed by atoms with Gasteiger partial charge in [0.05, 0.1) is 0 Å². The van der Waals surface area contributed by atoms with Crippen molar-refractivity contribution in [2.45, 2.75) is 6.92 Å². The lowest BCUT2D eigenvalue weighted by atomic mass is 10.2. The van der Waals surface area contributed by atoms with E-state index in [1.165, 1.54) is 0 Å². The van der Waals surface area contributed by atoms with Crippen molar-refractivity contribution in [1.29, 1.82) is 0 Å². The first-order valence-corrected chi connectivity index (χ1v) is 6.51. The molecule has 3 rings (SSSR count). The lowest BCUT2D eigenvalue weighted by Crippen LogP contribution is -2.20. The van der Waals surface area contributed by atoms with Crippen molar-refractivity contribution in [1.82, 2.24) is 14.6 Å². The molecule has 1 N–H and O–H groups in total. The summed E-state index contributed by atoms with van der Waals surface area (Å²) in [6, 6.07) is 13.4. The number of fused-ring (bicyclic) bond motifs is 1. The first kappa shape index (κ1) is 13.1. The molecule has 0 aliphatic carbocycles. The molecule has 1 aromatic carbocycles. The van der Waals surface area contributed by atoms with Crippen molar-refractivity contribution in [3.05, 3.63) is 54.2 Å². The van der Waals surface area contributed by atoms with Crippen LogP contribution in [0.2, 0.25) is 0 Å². The Kier molecular flexibility index (Phi) is 3.51. The predicted octanol–water partition coefficient (Wildman–Crippen LogP) is 2.06. The molecular formula is C15H14N4O2. The van der Waals surface area contributed by atoms with Gasteiger partial charge in [-0.2, -0.15) is 0 Å². The standard InChI is InChI=1S/C15H14N4O2/c1-11-5-4-6-12(9-11)16-14(20)10-21-15-18-17-13-7-2-3-8-19(13)15/h2-9H,10H2,1H3,(H,16,20). The van der Waals surface area contributed by atoms with Gasteiger partial charge in [-0.3, -0.25) is 9.20 Å². The smallest absolute Gasteiger partial charge is 0.322 e. The minimum absolute atomic E-state index is 0.121. The van der Waals surface area contributed by atoms with Crippen LogP contribution in [0.15, 0.2) is 48.7 Å². The van der Waals surface area contributed by atoms with Crippen LogP contribution >= 0.6 is 0 Å². The second-order valence-corrected chi connectivity index (χ2v) is 4.62. The van der Waals surface area contributed by atoms with Gasteiger partial charge in [-0.15, -0.1) is 5.10 Å². The lowest BCUT2D eigenvalue weighted by molar-refractivity contribution is -0.118. The average molecular weight is 282 g/mol. The monoisotopic (exact) mass is 282 g/mol. The van der Waals surface area contributed by atoms with E-state index in [-0.39, 0.29) is 12.5 Å². The van der Waals surface area contributed by atoms with Crippen LogP contribution in [0, 0.1) is 6.92 Å². The molecule has 0 unspecified atom stereocenters. The Bertz CT molecular complexity index is 782. The molecule has 2 heterocycles. The van der Waals surface area contributed by atoms with E-state index in [9.17, 15) is 4.79 Å². The second kappa shape index (κ2) is 5.62. The highest BCUT2D eigenvalue weighted by Gasteiger charge is 2.08. The summed E-state index contributed by atoms with van der Waals surface area (Å²) in [7, 11) is 0. The van der Waals surface area contributed by atoms with E-state index in [0.29, 0.717) is 11.7 Å². The molecule has 0 atom stereocenters. The number of ether oxygens (including phenoxy) is 1. The molecule has 0 aliphatic heterocycles. The first-order chi connectivity index (χ1) is 10.2. The van der Waals surface area contributed by atoms with Gasteiger partial charge >= 0.3 is 6.01 Å². The van der Waals surface area contributed by atoms with Crippen molar-refractivity contribution in [3.63, 3.8) is 0 Å². The maximum atomic E-state index is 11.9. The van der Waals surface area contributed by atoms with Crippen LogP contribution in [-0.4, -0.2) is 27.1 Å². The molecule has 2 aromatic heterocycles. The Balaban J connectivity index is 1.63. The molecule has 0 bridgehead atoms. The van der Waals surface area contributed by atoms with Crippen molar-refractivity contribution >= 4 is 17.2 Å². The van der Waals surface area contributed by atoms with E-state index in [2.05, 4.69) is 15.5 Å². The number of nitrogens with one attached hydrogen (secondary N) is 1. The van der Waals surface area contributed by atoms with Gasteiger partial charge in [-0.05, 0) is 36.8 Å². The van der Waals surface area contributed by atoms with Crippen molar-refractivity contribution in [3.8, 4) is 6.01 Å². The van der Waals surface area contributed by atoms with Crippen LogP contribution in [0.1, 0.15) is 5.56 Å². The van der Waals surface area contributed by atoms with Crippen LogP contribution in [0.25, 0.3) is 5.65 Å². The maximum absolute atomic E-state index is 11.9.